The fourth-order valence-electron chi connectivity index (χ4n) is 0.562. The van der Waals surface area contributed by atoms with Gasteiger partial charge in [0.2, 0.25) is 0 Å². The summed E-state index contributed by atoms with van der Waals surface area (Å²) in [5.41, 5.74) is 0. The Morgan fingerprint density at radius 1 is 1.88 bits per heavy atom. The molecule has 46 valence electrons. The van der Waals surface area contributed by atoms with Crippen LogP contribution in [0.4, 0.5) is 0 Å². The summed E-state index contributed by atoms with van der Waals surface area (Å²) in [6.07, 6.45) is 2.07. The highest BCUT2D eigenvalue weighted by atomic mass is 32.2. The maximum atomic E-state index is 4.28. The van der Waals surface area contributed by atoms with Crippen LogP contribution in [-0.4, -0.2) is 22.4 Å². The first-order valence-electron chi connectivity index (χ1n) is 2.58. The number of hydrogen-bond donors (Lipinski definition) is 0. The number of rotatable bonds is 0. The highest BCUT2D eigenvalue weighted by Gasteiger charge is 2.12. The topological polar surface area (TPSA) is 12.4 Å². The lowest BCUT2D eigenvalue weighted by molar-refractivity contribution is 0.978. The average molecular weight is 147 g/mol. The van der Waals surface area contributed by atoms with Crippen LogP contribution < -0.4 is 0 Å². The lowest BCUT2D eigenvalue weighted by atomic mass is 10.5. The molecule has 0 bridgehead atoms. The molecule has 1 aliphatic heterocycles. The third-order valence-electron chi connectivity index (χ3n) is 0.954. The normalized spacial score (nSPS) is 28.2. The summed E-state index contributed by atoms with van der Waals surface area (Å²) in [5, 5.41) is 0.720. The molecule has 0 aromatic heterocycles. The third kappa shape index (κ3) is 1.42. The van der Waals surface area contributed by atoms with Crippen molar-refractivity contribution in [2.24, 2.45) is 4.99 Å². The fraction of sp³-hybridized carbons (Fsp3) is 0.800. The van der Waals surface area contributed by atoms with Gasteiger partial charge in [0.05, 0.1) is 6.54 Å². The minimum Gasteiger partial charge on any atom is -0.271 e. The van der Waals surface area contributed by atoms with E-state index in [2.05, 4.69) is 18.2 Å². The summed E-state index contributed by atoms with van der Waals surface area (Å²) in [4.78, 5) is 4.28. The van der Waals surface area contributed by atoms with Gasteiger partial charge < -0.3 is 0 Å². The van der Waals surface area contributed by atoms with Crippen molar-refractivity contribution in [3.05, 3.63) is 0 Å². The van der Waals surface area contributed by atoms with E-state index < -0.39 is 0 Å². The molecule has 3 heteroatoms. The van der Waals surface area contributed by atoms with E-state index in [1.54, 1.807) is 11.8 Å². The third-order valence-corrected chi connectivity index (χ3v) is 3.10. The molecule has 1 aliphatic rings. The molecular formula is C5H9NS2. The van der Waals surface area contributed by atoms with E-state index in [-0.39, 0.29) is 0 Å². The highest BCUT2D eigenvalue weighted by Crippen LogP contribution is 2.25. The molecule has 0 fully saturated rings. The van der Waals surface area contributed by atoms with Gasteiger partial charge in [0.25, 0.3) is 0 Å². The van der Waals surface area contributed by atoms with Crippen LogP contribution in [0.3, 0.4) is 0 Å². The molecule has 0 N–H and O–H groups in total. The van der Waals surface area contributed by atoms with Crippen LogP contribution >= 0.6 is 23.5 Å². The zero-order chi connectivity index (χ0) is 5.98. The van der Waals surface area contributed by atoms with Crippen LogP contribution in [0.25, 0.3) is 0 Å². The standard InChI is InChI=1S/C5H9NS2/c1-4-3-6-5(7-2)8-4/h4H,3H2,1-2H3. The molecule has 1 atom stereocenters. The zero-order valence-corrected chi connectivity index (χ0v) is 6.68. The predicted octanol–water partition coefficient (Wildman–Crippen LogP) is 1.84. The molecule has 1 nitrogen and oxygen atoms in total. The van der Waals surface area contributed by atoms with Gasteiger partial charge in [0.1, 0.15) is 4.38 Å². The molecule has 0 saturated heterocycles. The first-order valence-corrected chi connectivity index (χ1v) is 4.68. The van der Waals surface area contributed by atoms with Crippen LogP contribution in [-0.2, 0) is 0 Å². The molecule has 0 aromatic carbocycles. The zero-order valence-electron chi connectivity index (χ0n) is 5.05. The quantitative estimate of drug-likeness (QED) is 0.518. The Morgan fingerprint density at radius 2 is 2.62 bits per heavy atom. The lowest BCUT2D eigenvalue weighted by Gasteiger charge is -1.94. The minimum absolute atomic E-state index is 0.720. The van der Waals surface area contributed by atoms with Gasteiger partial charge in [-0.05, 0) is 6.26 Å². The molecule has 0 aliphatic carbocycles. The van der Waals surface area contributed by atoms with E-state index in [9.17, 15) is 0 Å². The smallest absolute Gasteiger partial charge is 0.124 e. The highest BCUT2D eigenvalue weighted by molar-refractivity contribution is 8.39. The van der Waals surface area contributed by atoms with Gasteiger partial charge in [-0.1, -0.05) is 18.7 Å². The van der Waals surface area contributed by atoms with Crippen molar-refractivity contribution in [2.45, 2.75) is 12.2 Å². The summed E-state index contributed by atoms with van der Waals surface area (Å²) in [6, 6.07) is 0. The molecule has 0 aromatic rings. The molecule has 0 radical (unpaired) electrons. The van der Waals surface area contributed by atoms with E-state index in [0.717, 1.165) is 11.8 Å². The number of aliphatic imine (C=N–C) groups is 1. The Balaban J connectivity index is 2.37. The Hall–Kier alpha value is 0.370. The number of hydrogen-bond acceptors (Lipinski definition) is 3. The molecule has 0 saturated carbocycles. The van der Waals surface area contributed by atoms with Gasteiger partial charge in [0.15, 0.2) is 0 Å². The van der Waals surface area contributed by atoms with Crippen molar-refractivity contribution in [1.82, 2.24) is 0 Å². The van der Waals surface area contributed by atoms with E-state index in [0.29, 0.717) is 0 Å². The molecule has 0 spiro atoms. The Bertz CT molecular complexity index is 111. The van der Waals surface area contributed by atoms with Crippen molar-refractivity contribution >= 4 is 27.9 Å². The van der Waals surface area contributed by atoms with Gasteiger partial charge in [0, 0.05) is 5.25 Å². The molecule has 8 heavy (non-hydrogen) atoms. The van der Waals surface area contributed by atoms with E-state index in [1.165, 1.54) is 4.38 Å². The number of thioether (sulfide) groups is 2. The summed E-state index contributed by atoms with van der Waals surface area (Å²) in [7, 11) is 0. The summed E-state index contributed by atoms with van der Waals surface area (Å²) in [6.45, 7) is 3.22. The second kappa shape index (κ2) is 2.78. The first kappa shape index (κ1) is 6.49. The summed E-state index contributed by atoms with van der Waals surface area (Å²) >= 11 is 3.63. The van der Waals surface area contributed by atoms with Crippen molar-refractivity contribution in [3.8, 4) is 0 Å². The number of nitrogens with zero attached hydrogens (tertiary/aromatic N) is 1. The van der Waals surface area contributed by atoms with Gasteiger partial charge in [-0.2, -0.15) is 0 Å². The minimum atomic E-state index is 0.720. The predicted molar refractivity (Wildman–Crippen MR) is 42.9 cm³/mol. The van der Waals surface area contributed by atoms with Gasteiger partial charge in [-0.25, -0.2) is 0 Å². The maximum Gasteiger partial charge on any atom is 0.124 e. The van der Waals surface area contributed by atoms with Gasteiger partial charge in [-0.15, -0.1) is 11.8 Å². The molecule has 1 unspecified atom stereocenters. The second-order valence-electron chi connectivity index (χ2n) is 1.74. The molecular weight excluding hydrogens is 138 g/mol. The summed E-state index contributed by atoms with van der Waals surface area (Å²) in [5.74, 6) is 0. The Kier molecular flexibility index (Phi) is 2.26. The molecule has 0 amide bonds. The van der Waals surface area contributed by atoms with Crippen LogP contribution in [0.5, 0.6) is 0 Å². The van der Waals surface area contributed by atoms with Gasteiger partial charge >= 0.3 is 0 Å². The van der Waals surface area contributed by atoms with Crippen molar-refractivity contribution < 1.29 is 0 Å². The molecule has 1 rings (SSSR count). The second-order valence-corrected chi connectivity index (χ2v) is 4.22. The van der Waals surface area contributed by atoms with E-state index >= 15 is 0 Å². The average Bonchev–Trinajstić information content (AvgIpc) is 2.14. The molecule has 1 heterocycles. The monoisotopic (exact) mass is 147 g/mol. The Labute approximate surface area is 58.3 Å². The first-order chi connectivity index (χ1) is 3.83. The van der Waals surface area contributed by atoms with Crippen molar-refractivity contribution in [1.29, 1.82) is 0 Å². The van der Waals surface area contributed by atoms with Crippen LogP contribution in [0.1, 0.15) is 6.92 Å². The SMILES string of the molecule is CSC1=NCC(C)S1. The van der Waals surface area contributed by atoms with Crippen LogP contribution in [0.2, 0.25) is 0 Å². The van der Waals surface area contributed by atoms with Crippen molar-refractivity contribution in [3.63, 3.8) is 0 Å². The maximum absolute atomic E-state index is 4.28. The van der Waals surface area contributed by atoms with E-state index in [1.807, 2.05) is 11.8 Å². The van der Waals surface area contributed by atoms with Crippen LogP contribution in [0.15, 0.2) is 4.99 Å². The summed E-state index contributed by atoms with van der Waals surface area (Å²) < 4.78 is 1.25. The Morgan fingerprint density at radius 3 is 2.88 bits per heavy atom. The largest absolute Gasteiger partial charge is 0.271 e. The van der Waals surface area contributed by atoms with Gasteiger partial charge in [-0.3, -0.25) is 4.99 Å². The van der Waals surface area contributed by atoms with Crippen LogP contribution in [0, 0.1) is 0 Å². The lowest BCUT2D eigenvalue weighted by Crippen LogP contribution is -1.92. The van der Waals surface area contributed by atoms with Crippen molar-refractivity contribution in [2.75, 3.05) is 12.8 Å². The van der Waals surface area contributed by atoms with E-state index in [4.69, 9.17) is 0 Å². The fourth-order valence-corrected chi connectivity index (χ4v) is 2.29.